The normalized spacial score (nSPS) is 13.8. The van der Waals surface area contributed by atoms with E-state index >= 15 is 0 Å². The van der Waals surface area contributed by atoms with Gasteiger partial charge in [-0.3, -0.25) is 4.84 Å². The molecule has 0 aromatic carbocycles. The molecule has 0 aromatic rings. The summed E-state index contributed by atoms with van der Waals surface area (Å²) in [4.78, 5) is 6.16. The van der Waals surface area contributed by atoms with Crippen molar-refractivity contribution in [1.82, 2.24) is 5.06 Å². The highest BCUT2D eigenvalue weighted by Crippen LogP contribution is 2.22. The first-order chi connectivity index (χ1) is 15.7. The summed E-state index contributed by atoms with van der Waals surface area (Å²) in [6.45, 7) is 17.3. The van der Waals surface area contributed by atoms with Gasteiger partial charge in [-0.2, -0.15) is 5.06 Å². The van der Waals surface area contributed by atoms with Crippen molar-refractivity contribution in [1.29, 1.82) is 0 Å². The minimum Gasteiger partial charge on any atom is -0.353 e. The van der Waals surface area contributed by atoms with Gasteiger partial charge in [-0.05, 0) is 71.6 Å². The highest BCUT2D eigenvalue weighted by atomic mass is 31.1. The van der Waals surface area contributed by atoms with Crippen molar-refractivity contribution < 1.29 is 23.8 Å². The van der Waals surface area contributed by atoms with E-state index in [2.05, 4.69) is 18.9 Å². The summed E-state index contributed by atoms with van der Waals surface area (Å²) < 4.78 is 22.6. The van der Waals surface area contributed by atoms with E-state index in [-0.39, 0.29) is 12.6 Å². The first kappa shape index (κ1) is 32.6. The topological polar surface area (TPSA) is 49.4 Å². The number of nitrogens with zero attached hydrogens (tertiary/aromatic N) is 1. The maximum Gasteiger partial charge on any atom is 0.157 e. The number of hydroxylamine groups is 2. The van der Waals surface area contributed by atoms with E-state index in [1.807, 2.05) is 27.7 Å². The van der Waals surface area contributed by atoms with Crippen LogP contribution in [0, 0.1) is 0 Å². The minimum atomic E-state index is -0.0422. The summed E-state index contributed by atoms with van der Waals surface area (Å²) >= 11 is 0. The molecule has 3 unspecified atom stereocenters. The van der Waals surface area contributed by atoms with Gasteiger partial charge in [0.05, 0.1) is 6.61 Å². The van der Waals surface area contributed by atoms with Crippen LogP contribution in [0.1, 0.15) is 73.6 Å². The summed E-state index contributed by atoms with van der Waals surface area (Å²) in [6.07, 6.45) is 10.1. The maximum absolute atomic E-state index is 6.16. The predicted molar refractivity (Wildman–Crippen MR) is 141 cm³/mol. The van der Waals surface area contributed by atoms with Crippen LogP contribution in [0.5, 0.6) is 0 Å². The van der Waals surface area contributed by atoms with Gasteiger partial charge in [-0.1, -0.05) is 13.8 Å². The summed E-state index contributed by atoms with van der Waals surface area (Å²) in [6, 6.07) is 0.507. The third-order valence-electron chi connectivity index (χ3n) is 5.03. The van der Waals surface area contributed by atoms with E-state index < -0.39 is 0 Å². The van der Waals surface area contributed by atoms with Gasteiger partial charge in [-0.25, -0.2) is 0 Å². The molecule has 0 heterocycles. The quantitative estimate of drug-likeness (QED) is 0.0695. The molecule has 3 atom stereocenters. The Labute approximate surface area is 202 Å². The minimum absolute atomic E-state index is 0.0325. The molecule has 6 nitrogen and oxygen atoms in total. The Morgan fingerprint density at radius 2 is 1.09 bits per heavy atom. The highest BCUT2D eigenvalue weighted by molar-refractivity contribution is 7.38. The van der Waals surface area contributed by atoms with Crippen LogP contribution < -0.4 is 0 Å². The monoisotopic (exact) mass is 497 g/mol. The van der Waals surface area contributed by atoms with E-state index in [9.17, 15) is 0 Å². The molecule has 0 rings (SSSR count). The molecule has 0 N–H and O–H groups in total. The lowest BCUT2D eigenvalue weighted by Gasteiger charge is -2.30. The Hall–Kier alpha value is 0.620. The zero-order valence-corrected chi connectivity index (χ0v) is 23.8. The van der Waals surface area contributed by atoms with Crippen molar-refractivity contribution in [2.24, 2.45) is 0 Å². The van der Waals surface area contributed by atoms with Crippen LogP contribution in [-0.4, -0.2) is 87.9 Å². The van der Waals surface area contributed by atoms with E-state index in [1.54, 1.807) is 0 Å². The Kier molecular flexibility index (Phi) is 25.2. The third-order valence-corrected chi connectivity index (χ3v) is 7.53. The van der Waals surface area contributed by atoms with Gasteiger partial charge < -0.3 is 18.9 Å². The number of hydrogen-bond donors (Lipinski definition) is 0. The molecule has 0 aromatic heterocycles. The molecule has 0 saturated carbocycles. The lowest BCUT2D eigenvalue weighted by Crippen LogP contribution is -2.37. The summed E-state index contributed by atoms with van der Waals surface area (Å²) in [5.74, 6) is 0. The van der Waals surface area contributed by atoms with Gasteiger partial charge >= 0.3 is 0 Å². The molecular weight excluding hydrogens is 444 g/mol. The molecule has 0 aliphatic rings. The fraction of sp³-hybridized carbons (Fsp3) is 1.00. The third kappa shape index (κ3) is 18.0. The molecule has 0 saturated heterocycles. The molecule has 8 heteroatoms. The van der Waals surface area contributed by atoms with Crippen molar-refractivity contribution in [3.63, 3.8) is 0 Å². The van der Waals surface area contributed by atoms with Crippen molar-refractivity contribution in [3.8, 4) is 0 Å². The van der Waals surface area contributed by atoms with Crippen molar-refractivity contribution in [3.05, 3.63) is 0 Å². The smallest absolute Gasteiger partial charge is 0.157 e. The lowest BCUT2D eigenvalue weighted by atomic mass is 10.1. The SMILES string of the molecule is CCCON(CCPCCC(OCC)OCC)C(CC)CCPCCC(OCC)OCC. The van der Waals surface area contributed by atoms with E-state index in [1.165, 1.54) is 24.9 Å². The number of rotatable bonds is 25. The van der Waals surface area contributed by atoms with E-state index in [0.29, 0.717) is 32.5 Å². The van der Waals surface area contributed by atoms with Gasteiger partial charge in [0.25, 0.3) is 0 Å². The standard InChI is InChI=1S/C24H53NO5P2/c1-7-17-30-25(16-21-32-20-15-24(28-11-5)29-12-6)22(8-2)13-18-31-19-14-23(26-9-3)27-10-4/h22-24,31-32H,7-21H2,1-6H3. The molecule has 32 heavy (non-hydrogen) atoms. The van der Waals surface area contributed by atoms with Crippen molar-refractivity contribution in [2.75, 3.05) is 64.2 Å². The lowest BCUT2D eigenvalue weighted by molar-refractivity contribution is -0.184. The van der Waals surface area contributed by atoms with Gasteiger partial charge in [0.1, 0.15) is 0 Å². The highest BCUT2D eigenvalue weighted by Gasteiger charge is 2.17. The van der Waals surface area contributed by atoms with Crippen molar-refractivity contribution >= 4 is 17.2 Å². The van der Waals surface area contributed by atoms with Gasteiger partial charge in [0, 0.05) is 51.9 Å². The average Bonchev–Trinajstić information content (AvgIpc) is 2.79. The Balaban J connectivity index is 4.28. The van der Waals surface area contributed by atoms with E-state index in [0.717, 1.165) is 62.2 Å². The average molecular weight is 498 g/mol. The number of hydrogen-bond acceptors (Lipinski definition) is 6. The molecular formula is C24H53NO5P2. The van der Waals surface area contributed by atoms with E-state index in [4.69, 9.17) is 23.8 Å². The summed E-state index contributed by atoms with van der Waals surface area (Å²) in [7, 11) is 1.87. The van der Waals surface area contributed by atoms with Crippen LogP contribution in [0.25, 0.3) is 0 Å². The van der Waals surface area contributed by atoms with Crippen molar-refractivity contribution in [2.45, 2.75) is 92.3 Å². The Morgan fingerprint density at radius 3 is 1.53 bits per heavy atom. The number of ether oxygens (including phenoxy) is 4. The molecule has 0 spiro atoms. The second-order valence-electron chi connectivity index (χ2n) is 7.58. The van der Waals surface area contributed by atoms with Gasteiger partial charge in [0.15, 0.2) is 12.6 Å². The Morgan fingerprint density at radius 1 is 0.625 bits per heavy atom. The van der Waals surface area contributed by atoms with Gasteiger partial charge in [-0.15, -0.1) is 17.2 Å². The van der Waals surface area contributed by atoms with Crippen LogP contribution >= 0.6 is 17.2 Å². The van der Waals surface area contributed by atoms with Gasteiger partial charge in [0.2, 0.25) is 0 Å². The van der Waals surface area contributed by atoms with Crippen LogP contribution in [0.4, 0.5) is 0 Å². The van der Waals surface area contributed by atoms with Crippen LogP contribution in [-0.2, 0) is 23.8 Å². The molecule has 0 aliphatic carbocycles. The zero-order valence-electron chi connectivity index (χ0n) is 21.8. The molecule has 0 aliphatic heterocycles. The second-order valence-corrected chi connectivity index (χ2v) is 10.6. The second kappa shape index (κ2) is 24.7. The largest absolute Gasteiger partial charge is 0.353 e. The zero-order chi connectivity index (χ0) is 23.9. The first-order valence-corrected chi connectivity index (χ1v) is 15.8. The molecule has 0 bridgehead atoms. The molecule has 0 amide bonds. The Bertz CT molecular complexity index is 370. The van der Waals surface area contributed by atoms with Crippen LogP contribution in [0.3, 0.4) is 0 Å². The fourth-order valence-electron chi connectivity index (χ4n) is 3.43. The summed E-state index contributed by atoms with van der Waals surface area (Å²) in [5, 5.41) is 2.28. The maximum atomic E-state index is 6.16. The summed E-state index contributed by atoms with van der Waals surface area (Å²) in [5.41, 5.74) is 0. The first-order valence-electron chi connectivity index (χ1n) is 12.9. The fourth-order valence-corrected chi connectivity index (χ4v) is 5.73. The van der Waals surface area contributed by atoms with Crippen LogP contribution in [0.2, 0.25) is 0 Å². The van der Waals surface area contributed by atoms with Crippen LogP contribution in [0.15, 0.2) is 0 Å². The molecule has 194 valence electrons. The molecule has 0 fully saturated rings. The predicted octanol–water partition coefficient (Wildman–Crippen LogP) is 5.73. The molecule has 0 radical (unpaired) electrons.